The van der Waals surface area contributed by atoms with E-state index in [-0.39, 0.29) is 0 Å². The first kappa shape index (κ1) is 9.65. The van der Waals surface area contributed by atoms with E-state index >= 15 is 0 Å². The van der Waals surface area contributed by atoms with Crippen molar-refractivity contribution in [3.8, 4) is 0 Å². The molecule has 0 saturated carbocycles. The molecule has 2 nitrogen and oxygen atoms in total. The van der Waals surface area contributed by atoms with Crippen molar-refractivity contribution in [2.75, 3.05) is 18.6 Å². The lowest BCUT2D eigenvalue weighted by Gasteiger charge is -1.90. The zero-order valence-corrected chi connectivity index (χ0v) is 6.45. The zero-order chi connectivity index (χ0) is 7.98. The minimum absolute atomic E-state index is 0.456. The number of aliphatic hydroxyl groups is 1. The van der Waals surface area contributed by atoms with Gasteiger partial charge >= 0.3 is 0 Å². The van der Waals surface area contributed by atoms with Crippen molar-refractivity contribution in [1.82, 2.24) is 0 Å². The van der Waals surface area contributed by atoms with E-state index in [2.05, 4.69) is 0 Å². The van der Waals surface area contributed by atoms with Crippen molar-refractivity contribution < 1.29 is 14.3 Å². The first-order valence-corrected chi connectivity index (χ1v) is 4.10. The van der Waals surface area contributed by atoms with Crippen LogP contribution in [0.4, 0.5) is 4.39 Å². The summed E-state index contributed by atoms with van der Waals surface area (Å²) < 4.78 is 12.3. The molecule has 0 unspecified atom stereocenters. The van der Waals surface area contributed by atoms with E-state index in [0.29, 0.717) is 5.75 Å². The van der Waals surface area contributed by atoms with Gasteiger partial charge in [-0.3, -0.25) is 4.79 Å². The Hall–Kier alpha value is -0.350. The maximum absolute atomic E-state index is 12.3. The Balaban J connectivity index is 3.80. The van der Waals surface area contributed by atoms with Gasteiger partial charge in [0.2, 0.25) is 5.78 Å². The molecule has 0 bridgehead atoms. The summed E-state index contributed by atoms with van der Waals surface area (Å²) >= 11 is 1.41. The molecule has 10 heavy (non-hydrogen) atoms. The van der Waals surface area contributed by atoms with Crippen LogP contribution in [0.3, 0.4) is 0 Å². The number of ketones is 1. The van der Waals surface area contributed by atoms with Gasteiger partial charge in [0.1, 0.15) is 6.61 Å². The Bertz CT molecular complexity index is 145. The highest BCUT2D eigenvalue weighted by Crippen LogP contribution is 2.01. The van der Waals surface area contributed by atoms with Gasteiger partial charge in [-0.2, -0.15) is 11.8 Å². The number of halogens is 1. The number of carbonyl (C=O) groups is 1. The average molecular weight is 164 g/mol. The van der Waals surface area contributed by atoms with Gasteiger partial charge in [-0.1, -0.05) is 0 Å². The van der Waals surface area contributed by atoms with Crippen molar-refractivity contribution in [2.24, 2.45) is 0 Å². The second-order valence-electron chi connectivity index (χ2n) is 1.59. The third-order valence-corrected chi connectivity index (χ3v) is 1.34. The van der Waals surface area contributed by atoms with Crippen molar-refractivity contribution in [3.63, 3.8) is 0 Å². The molecule has 0 spiro atoms. The van der Waals surface area contributed by atoms with E-state index in [1.165, 1.54) is 11.8 Å². The predicted octanol–water partition coefficient (Wildman–Crippen LogP) is 0.764. The van der Waals surface area contributed by atoms with Crippen molar-refractivity contribution in [2.45, 2.75) is 0 Å². The molecule has 0 radical (unpaired) electrons. The van der Waals surface area contributed by atoms with Crippen LogP contribution in [0.15, 0.2) is 11.9 Å². The molecule has 58 valence electrons. The normalized spacial score (nSPS) is 11.7. The van der Waals surface area contributed by atoms with Crippen LogP contribution in [-0.2, 0) is 4.79 Å². The summed E-state index contributed by atoms with van der Waals surface area (Å²) in [7, 11) is 0. The molecule has 0 heterocycles. The fraction of sp³-hybridized carbons (Fsp3) is 0.500. The Morgan fingerprint density at radius 2 is 2.40 bits per heavy atom. The Kier molecular flexibility index (Phi) is 5.25. The number of aliphatic hydroxyl groups excluding tert-OH is 1. The molecule has 0 aromatic carbocycles. The number of rotatable bonds is 4. The second-order valence-corrected chi connectivity index (χ2v) is 2.50. The molecule has 0 rings (SSSR count). The number of thioether (sulfide) groups is 1. The smallest absolute Gasteiger partial charge is 0.216 e. The lowest BCUT2D eigenvalue weighted by Crippen LogP contribution is -2.03. The SMILES string of the molecule is CSC/C=C(\F)C(=O)CO. The standard InChI is InChI=1S/C6H9FO2S/c1-10-3-2-5(7)6(9)4-8/h2,8H,3-4H2,1H3/b5-2-. The third kappa shape index (κ3) is 3.63. The molecule has 0 atom stereocenters. The summed E-state index contributed by atoms with van der Waals surface area (Å²) in [5.41, 5.74) is 0. The van der Waals surface area contributed by atoms with Crippen LogP contribution < -0.4 is 0 Å². The van der Waals surface area contributed by atoms with Gasteiger partial charge < -0.3 is 5.11 Å². The van der Waals surface area contributed by atoms with Crippen LogP contribution in [0, 0.1) is 0 Å². The molecule has 1 N–H and O–H groups in total. The van der Waals surface area contributed by atoms with E-state index in [1.54, 1.807) is 6.26 Å². The van der Waals surface area contributed by atoms with Gasteiger partial charge in [-0.05, 0) is 12.3 Å². The summed E-state index contributed by atoms with van der Waals surface area (Å²) in [4.78, 5) is 10.3. The molecule has 0 aromatic rings. The van der Waals surface area contributed by atoms with E-state index < -0.39 is 18.2 Å². The molecule has 0 saturated heterocycles. The summed E-state index contributed by atoms with van der Waals surface area (Å²) in [6, 6.07) is 0. The highest BCUT2D eigenvalue weighted by atomic mass is 32.2. The lowest BCUT2D eigenvalue weighted by atomic mass is 10.3. The Morgan fingerprint density at radius 1 is 1.80 bits per heavy atom. The van der Waals surface area contributed by atoms with Gasteiger partial charge in [-0.25, -0.2) is 4.39 Å². The van der Waals surface area contributed by atoms with Crippen LogP contribution >= 0.6 is 11.8 Å². The summed E-state index contributed by atoms with van der Waals surface area (Å²) in [6.45, 7) is -0.753. The first-order chi connectivity index (χ1) is 4.72. The quantitative estimate of drug-likeness (QED) is 0.623. The van der Waals surface area contributed by atoms with Crippen molar-refractivity contribution in [1.29, 1.82) is 0 Å². The maximum Gasteiger partial charge on any atom is 0.216 e. The van der Waals surface area contributed by atoms with Gasteiger partial charge in [0.15, 0.2) is 5.83 Å². The lowest BCUT2D eigenvalue weighted by molar-refractivity contribution is -0.119. The zero-order valence-electron chi connectivity index (χ0n) is 5.63. The van der Waals surface area contributed by atoms with Crippen LogP contribution in [0.1, 0.15) is 0 Å². The van der Waals surface area contributed by atoms with E-state index in [9.17, 15) is 9.18 Å². The summed E-state index contributed by atoms with van der Waals surface area (Å²) in [5.74, 6) is -1.25. The molecule has 4 heteroatoms. The minimum Gasteiger partial charge on any atom is -0.388 e. The number of Topliss-reactive ketones (excluding diaryl/α,β-unsaturated/α-hetero) is 1. The molecule has 0 fully saturated rings. The fourth-order valence-corrected chi connectivity index (χ4v) is 0.659. The molecular weight excluding hydrogens is 155 g/mol. The molecule has 0 amide bonds. The summed E-state index contributed by atoms with van der Waals surface area (Å²) in [5, 5.41) is 8.17. The van der Waals surface area contributed by atoms with Gasteiger partial charge in [0, 0.05) is 5.75 Å². The van der Waals surface area contributed by atoms with Gasteiger partial charge in [0.05, 0.1) is 0 Å². The molecule has 0 aliphatic carbocycles. The van der Waals surface area contributed by atoms with E-state index in [0.717, 1.165) is 6.08 Å². The average Bonchev–Trinajstić information content (AvgIpc) is 1.98. The summed E-state index contributed by atoms with van der Waals surface area (Å²) in [6.07, 6.45) is 2.95. The highest BCUT2D eigenvalue weighted by molar-refractivity contribution is 7.98. The molecule has 0 aromatic heterocycles. The second kappa shape index (κ2) is 5.44. The van der Waals surface area contributed by atoms with Crippen LogP contribution in [0.25, 0.3) is 0 Å². The van der Waals surface area contributed by atoms with Crippen molar-refractivity contribution >= 4 is 17.5 Å². The largest absolute Gasteiger partial charge is 0.388 e. The predicted molar refractivity (Wildman–Crippen MR) is 39.7 cm³/mol. The Morgan fingerprint density at radius 3 is 2.80 bits per heavy atom. The van der Waals surface area contributed by atoms with Gasteiger partial charge in [0.25, 0.3) is 0 Å². The van der Waals surface area contributed by atoms with Crippen LogP contribution in [0.5, 0.6) is 0 Å². The monoisotopic (exact) mass is 164 g/mol. The number of hydrogen-bond acceptors (Lipinski definition) is 3. The van der Waals surface area contributed by atoms with Crippen molar-refractivity contribution in [3.05, 3.63) is 11.9 Å². The first-order valence-electron chi connectivity index (χ1n) is 2.71. The van der Waals surface area contributed by atoms with E-state index in [4.69, 9.17) is 5.11 Å². The van der Waals surface area contributed by atoms with E-state index in [1.807, 2.05) is 0 Å². The topological polar surface area (TPSA) is 37.3 Å². The molecular formula is C6H9FO2S. The minimum atomic E-state index is -0.853. The Labute approximate surface area is 63.1 Å². The molecule has 0 aliphatic rings. The van der Waals surface area contributed by atoms with Crippen LogP contribution in [0.2, 0.25) is 0 Å². The number of carbonyl (C=O) groups excluding carboxylic acids is 1. The fourth-order valence-electron chi connectivity index (χ4n) is 0.346. The highest BCUT2D eigenvalue weighted by Gasteiger charge is 2.04. The number of hydrogen-bond donors (Lipinski definition) is 1. The van der Waals surface area contributed by atoms with Gasteiger partial charge in [-0.15, -0.1) is 0 Å². The molecule has 0 aliphatic heterocycles. The van der Waals surface area contributed by atoms with Crippen LogP contribution in [-0.4, -0.2) is 29.5 Å². The maximum atomic E-state index is 12.3. The third-order valence-electron chi connectivity index (χ3n) is 0.839.